The van der Waals surface area contributed by atoms with E-state index in [4.69, 9.17) is 0 Å². The Morgan fingerprint density at radius 3 is 1.86 bits per heavy atom. The summed E-state index contributed by atoms with van der Waals surface area (Å²) in [7, 11) is 0. The van der Waals surface area contributed by atoms with E-state index in [-0.39, 0.29) is 17.0 Å². The van der Waals surface area contributed by atoms with E-state index in [1.165, 1.54) is 6.92 Å². The largest absolute Gasteiger partial charge is 0.434 e. The molecule has 112 valence electrons. The van der Waals surface area contributed by atoms with Crippen molar-refractivity contribution in [1.29, 1.82) is 0 Å². The lowest BCUT2D eigenvalue weighted by atomic mass is 10.1. The first-order chi connectivity index (χ1) is 9.59. The van der Waals surface area contributed by atoms with Gasteiger partial charge in [0.2, 0.25) is 0 Å². The summed E-state index contributed by atoms with van der Waals surface area (Å²) in [6.07, 6.45) is -7.85. The molecule has 0 fully saturated rings. The minimum Gasteiger partial charge on any atom is -0.252 e. The summed E-state index contributed by atoms with van der Waals surface area (Å²) in [6.45, 7) is 1.31. The lowest BCUT2D eigenvalue weighted by molar-refractivity contribution is -0.142. The Morgan fingerprint density at radius 2 is 1.43 bits per heavy atom. The number of nitrogens with zero attached hydrogens (tertiary/aromatic N) is 3. The predicted octanol–water partition coefficient (Wildman–Crippen LogP) is 3.88. The molecule has 0 aliphatic carbocycles. The van der Waals surface area contributed by atoms with Crippen molar-refractivity contribution < 1.29 is 26.3 Å². The Balaban J connectivity index is 2.39. The molecule has 2 heterocycles. The van der Waals surface area contributed by atoms with E-state index >= 15 is 0 Å². The van der Waals surface area contributed by atoms with Crippen molar-refractivity contribution in [3.05, 3.63) is 41.6 Å². The number of hydrogen-bond donors (Lipinski definition) is 0. The van der Waals surface area contributed by atoms with Gasteiger partial charge in [0.15, 0.2) is 5.69 Å². The van der Waals surface area contributed by atoms with E-state index in [2.05, 4.69) is 15.0 Å². The molecule has 9 heteroatoms. The van der Waals surface area contributed by atoms with E-state index in [1.54, 1.807) is 0 Å². The van der Waals surface area contributed by atoms with Gasteiger partial charge in [-0.05, 0) is 19.1 Å². The number of hydrogen-bond acceptors (Lipinski definition) is 3. The number of rotatable bonds is 1. The normalized spacial score (nSPS) is 12.5. The van der Waals surface area contributed by atoms with Gasteiger partial charge in [-0.1, -0.05) is 0 Å². The third-order valence-corrected chi connectivity index (χ3v) is 2.59. The van der Waals surface area contributed by atoms with Crippen LogP contribution in [0.5, 0.6) is 0 Å². The maximum atomic E-state index is 12.5. The molecule has 2 aromatic rings. The number of aromatic nitrogens is 3. The van der Waals surface area contributed by atoms with Gasteiger partial charge >= 0.3 is 12.4 Å². The van der Waals surface area contributed by atoms with Crippen LogP contribution in [0, 0.1) is 6.92 Å². The molecular formula is C12H7F6N3. The molecule has 2 rings (SSSR count). The van der Waals surface area contributed by atoms with Gasteiger partial charge in [0.1, 0.15) is 5.69 Å². The highest BCUT2D eigenvalue weighted by molar-refractivity contribution is 5.60. The molecule has 0 saturated carbocycles. The second-order valence-electron chi connectivity index (χ2n) is 4.11. The Morgan fingerprint density at radius 1 is 0.810 bits per heavy atom. The maximum Gasteiger partial charge on any atom is 0.434 e. The standard InChI is InChI=1S/C12H7F6N3/c1-6-7(2-3-9(21-6)11(13,14)15)8-4-20-10(5-19-8)12(16,17)18/h2-5H,1H3. The van der Waals surface area contributed by atoms with Crippen LogP contribution >= 0.6 is 0 Å². The number of pyridine rings is 1. The van der Waals surface area contributed by atoms with Crippen molar-refractivity contribution in [3.63, 3.8) is 0 Å². The molecule has 21 heavy (non-hydrogen) atoms. The van der Waals surface area contributed by atoms with Crippen LogP contribution in [0.15, 0.2) is 24.5 Å². The van der Waals surface area contributed by atoms with E-state index in [1.807, 2.05) is 0 Å². The zero-order chi connectivity index (χ0) is 15.8. The maximum absolute atomic E-state index is 12.5. The number of aryl methyl sites for hydroxylation is 1. The molecule has 0 aliphatic rings. The number of halogens is 6. The van der Waals surface area contributed by atoms with Crippen LogP contribution in [-0.4, -0.2) is 15.0 Å². The molecule has 0 saturated heterocycles. The third kappa shape index (κ3) is 3.29. The fraction of sp³-hybridized carbons (Fsp3) is 0.250. The molecule has 0 aromatic carbocycles. The van der Waals surface area contributed by atoms with E-state index in [0.29, 0.717) is 6.20 Å². The number of alkyl halides is 6. The van der Waals surface area contributed by atoms with Crippen LogP contribution in [0.25, 0.3) is 11.3 Å². The van der Waals surface area contributed by atoms with Crippen molar-refractivity contribution >= 4 is 0 Å². The second kappa shape index (κ2) is 4.97. The van der Waals surface area contributed by atoms with Gasteiger partial charge in [-0.15, -0.1) is 0 Å². The first-order valence-corrected chi connectivity index (χ1v) is 5.53. The SMILES string of the molecule is Cc1nc(C(F)(F)F)ccc1-c1cnc(C(F)(F)F)cn1. The van der Waals surface area contributed by atoms with Crippen molar-refractivity contribution in [2.24, 2.45) is 0 Å². The lowest BCUT2D eigenvalue weighted by Gasteiger charge is -2.10. The summed E-state index contributed by atoms with van der Waals surface area (Å²) >= 11 is 0. The monoisotopic (exact) mass is 307 g/mol. The van der Waals surface area contributed by atoms with Crippen molar-refractivity contribution in [2.75, 3.05) is 0 Å². The molecule has 0 bridgehead atoms. The average molecular weight is 307 g/mol. The van der Waals surface area contributed by atoms with Crippen LogP contribution in [-0.2, 0) is 12.4 Å². The molecular weight excluding hydrogens is 300 g/mol. The third-order valence-electron chi connectivity index (χ3n) is 2.59. The Hall–Kier alpha value is -2.19. The minimum absolute atomic E-state index is 0.00103. The molecule has 0 radical (unpaired) electrons. The van der Waals surface area contributed by atoms with Gasteiger partial charge in [-0.25, -0.2) is 9.97 Å². The Bertz CT molecular complexity index is 646. The fourth-order valence-corrected chi connectivity index (χ4v) is 1.60. The molecule has 0 N–H and O–H groups in total. The molecule has 0 unspecified atom stereocenters. The summed E-state index contributed by atoms with van der Waals surface area (Å²) in [6, 6.07) is 1.84. The van der Waals surface area contributed by atoms with Gasteiger partial charge in [0.25, 0.3) is 0 Å². The van der Waals surface area contributed by atoms with Gasteiger partial charge in [-0.3, -0.25) is 4.98 Å². The molecule has 0 amide bonds. The molecule has 0 spiro atoms. The van der Waals surface area contributed by atoms with Crippen molar-refractivity contribution in [1.82, 2.24) is 15.0 Å². The summed E-state index contributed by atoms with van der Waals surface area (Å²) in [5.41, 5.74) is -2.06. The van der Waals surface area contributed by atoms with E-state index in [9.17, 15) is 26.3 Å². The topological polar surface area (TPSA) is 38.7 Å². The summed E-state index contributed by atoms with van der Waals surface area (Å²) < 4.78 is 74.4. The van der Waals surface area contributed by atoms with Crippen molar-refractivity contribution in [2.45, 2.75) is 19.3 Å². The predicted molar refractivity (Wildman–Crippen MR) is 60.0 cm³/mol. The first kappa shape index (κ1) is 15.2. The second-order valence-corrected chi connectivity index (χ2v) is 4.11. The van der Waals surface area contributed by atoms with Gasteiger partial charge in [0.05, 0.1) is 18.1 Å². The van der Waals surface area contributed by atoms with Crippen molar-refractivity contribution in [3.8, 4) is 11.3 Å². The zero-order valence-electron chi connectivity index (χ0n) is 10.4. The van der Waals surface area contributed by atoms with Crippen LogP contribution in [0.1, 0.15) is 17.1 Å². The van der Waals surface area contributed by atoms with Crippen LogP contribution in [0.2, 0.25) is 0 Å². The molecule has 0 atom stereocenters. The van der Waals surface area contributed by atoms with E-state index in [0.717, 1.165) is 18.3 Å². The summed E-state index contributed by atoms with van der Waals surface area (Å²) in [5, 5.41) is 0. The zero-order valence-corrected chi connectivity index (χ0v) is 10.4. The lowest BCUT2D eigenvalue weighted by Crippen LogP contribution is -2.10. The van der Waals surface area contributed by atoms with E-state index < -0.39 is 23.7 Å². The summed E-state index contributed by atoms with van der Waals surface area (Å²) in [5.74, 6) is 0. The molecule has 2 aromatic heterocycles. The van der Waals surface area contributed by atoms with Gasteiger partial charge in [0, 0.05) is 11.3 Å². The Kier molecular flexibility index (Phi) is 3.60. The summed E-state index contributed by atoms with van der Waals surface area (Å²) in [4.78, 5) is 10.1. The van der Waals surface area contributed by atoms with Gasteiger partial charge in [-0.2, -0.15) is 26.3 Å². The van der Waals surface area contributed by atoms with Crippen LogP contribution < -0.4 is 0 Å². The van der Waals surface area contributed by atoms with Gasteiger partial charge < -0.3 is 0 Å². The minimum atomic E-state index is -4.63. The highest BCUT2D eigenvalue weighted by Crippen LogP contribution is 2.31. The highest BCUT2D eigenvalue weighted by Gasteiger charge is 2.34. The Labute approximate surface area is 114 Å². The first-order valence-electron chi connectivity index (χ1n) is 5.53. The smallest absolute Gasteiger partial charge is 0.252 e. The average Bonchev–Trinajstić information content (AvgIpc) is 2.36. The van der Waals surface area contributed by atoms with Crippen LogP contribution in [0.3, 0.4) is 0 Å². The quantitative estimate of drug-likeness (QED) is 0.750. The highest BCUT2D eigenvalue weighted by atomic mass is 19.4. The fourth-order valence-electron chi connectivity index (χ4n) is 1.60. The van der Waals surface area contributed by atoms with Crippen LogP contribution in [0.4, 0.5) is 26.3 Å². The molecule has 3 nitrogen and oxygen atoms in total. The molecule has 0 aliphatic heterocycles.